The molecule has 3 aromatic rings. The predicted molar refractivity (Wildman–Crippen MR) is 162 cm³/mol. The highest BCUT2D eigenvalue weighted by Crippen LogP contribution is 2.42. The quantitative estimate of drug-likeness (QED) is 0.338. The van der Waals surface area contributed by atoms with Crippen molar-refractivity contribution < 1.29 is 14.3 Å². The van der Waals surface area contributed by atoms with Crippen LogP contribution in [0.15, 0.2) is 36.4 Å². The number of ether oxygens (including phenoxy) is 1. The SMILES string of the molecule is Cc1cc(C)cc(-c2[nH]c3ccc(C(C)(C)C(=O)N4C5CCC4CC5)cc3c2[C@H](C)CNC(=O)OC(C)(C)C)c1. The molecule has 6 nitrogen and oxygen atoms in total. The molecule has 0 saturated carbocycles. The zero-order chi connectivity index (χ0) is 29.0. The zero-order valence-corrected chi connectivity index (χ0v) is 25.4. The van der Waals surface area contributed by atoms with Crippen LogP contribution in [-0.2, 0) is 14.9 Å². The van der Waals surface area contributed by atoms with Crippen LogP contribution in [0.4, 0.5) is 4.79 Å². The topological polar surface area (TPSA) is 74.4 Å². The third-order valence-electron chi connectivity index (χ3n) is 8.74. The highest BCUT2D eigenvalue weighted by Gasteiger charge is 2.47. The fourth-order valence-corrected chi connectivity index (χ4v) is 6.80. The maximum Gasteiger partial charge on any atom is 0.407 e. The Morgan fingerprint density at radius 1 is 0.975 bits per heavy atom. The molecule has 6 heteroatoms. The van der Waals surface area contributed by atoms with Gasteiger partial charge < -0.3 is 19.9 Å². The van der Waals surface area contributed by atoms with Crippen molar-refractivity contribution in [2.24, 2.45) is 0 Å². The van der Waals surface area contributed by atoms with E-state index in [2.05, 4.69) is 86.2 Å². The molecule has 3 heterocycles. The van der Waals surface area contributed by atoms with E-state index >= 15 is 0 Å². The van der Waals surface area contributed by atoms with Gasteiger partial charge in [-0.2, -0.15) is 0 Å². The smallest absolute Gasteiger partial charge is 0.407 e. The van der Waals surface area contributed by atoms with E-state index in [1.807, 2.05) is 20.8 Å². The number of alkyl carbamates (subject to hydrolysis) is 1. The minimum absolute atomic E-state index is 0.000534. The lowest BCUT2D eigenvalue weighted by molar-refractivity contribution is -0.137. The van der Waals surface area contributed by atoms with Crippen LogP contribution in [0.5, 0.6) is 0 Å². The van der Waals surface area contributed by atoms with Gasteiger partial charge in [-0.25, -0.2) is 4.79 Å². The van der Waals surface area contributed by atoms with E-state index in [0.717, 1.165) is 59.0 Å². The number of nitrogens with zero attached hydrogens (tertiary/aromatic N) is 1. The number of rotatable bonds is 6. The number of nitrogens with one attached hydrogen (secondary N) is 2. The molecule has 2 aromatic carbocycles. The third kappa shape index (κ3) is 5.37. The minimum atomic E-state index is -0.633. The maximum absolute atomic E-state index is 13.9. The lowest BCUT2D eigenvalue weighted by atomic mass is 9.81. The normalized spacial score (nSPS) is 19.8. The highest BCUT2D eigenvalue weighted by atomic mass is 16.6. The van der Waals surface area contributed by atoms with Crippen LogP contribution in [-0.4, -0.2) is 46.1 Å². The Morgan fingerprint density at radius 3 is 2.15 bits per heavy atom. The Hall–Kier alpha value is -3.28. The Kier molecular flexibility index (Phi) is 7.26. The summed E-state index contributed by atoms with van der Waals surface area (Å²) < 4.78 is 5.50. The third-order valence-corrected chi connectivity index (χ3v) is 8.74. The van der Waals surface area contributed by atoms with E-state index in [1.165, 1.54) is 11.1 Å². The molecule has 0 aliphatic carbocycles. The van der Waals surface area contributed by atoms with Crippen molar-refractivity contribution >= 4 is 22.9 Å². The Morgan fingerprint density at radius 2 is 1.57 bits per heavy atom. The molecule has 0 unspecified atom stereocenters. The maximum atomic E-state index is 13.9. The molecule has 0 radical (unpaired) electrons. The van der Waals surface area contributed by atoms with Gasteiger partial charge in [-0.1, -0.05) is 30.2 Å². The van der Waals surface area contributed by atoms with E-state index in [4.69, 9.17) is 4.74 Å². The van der Waals surface area contributed by atoms with Crippen molar-refractivity contribution in [3.05, 3.63) is 58.7 Å². The van der Waals surface area contributed by atoms with Crippen molar-refractivity contribution in [2.45, 2.75) is 110 Å². The number of fused-ring (bicyclic) bond motifs is 3. The largest absolute Gasteiger partial charge is 0.444 e. The summed E-state index contributed by atoms with van der Waals surface area (Å²) in [4.78, 5) is 32.3. The number of benzene rings is 2. The minimum Gasteiger partial charge on any atom is -0.444 e. The molecule has 1 atom stereocenters. The first-order valence-electron chi connectivity index (χ1n) is 14.8. The van der Waals surface area contributed by atoms with Crippen LogP contribution in [0, 0.1) is 13.8 Å². The van der Waals surface area contributed by atoms with Gasteiger partial charge in [0, 0.05) is 35.4 Å². The summed E-state index contributed by atoms with van der Waals surface area (Å²) in [6.45, 7) is 16.5. The monoisotopic (exact) mass is 543 g/mol. The number of aromatic nitrogens is 1. The molecule has 2 aliphatic rings. The van der Waals surface area contributed by atoms with Gasteiger partial charge in [0.1, 0.15) is 5.60 Å². The summed E-state index contributed by atoms with van der Waals surface area (Å²) in [6.07, 6.45) is 4.12. The van der Waals surface area contributed by atoms with Gasteiger partial charge in [0.15, 0.2) is 0 Å². The zero-order valence-electron chi connectivity index (χ0n) is 25.4. The van der Waals surface area contributed by atoms with Crippen molar-refractivity contribution in [1.29, 1.82) is 0 Å². The van der Waals surface area contributed by atoms with E-state index < -0.39 is 17.1 Å². The van der Waals surface area contributed by atoms with Crippen molar-refractivity contribution in [3.8, 4) is 11.3 Å². The molecule has 2 aliphatic heterocycles. The lowest BCUT2D eigenvalue weighted by Gasteiger charge is -2.33. The fraction of sp³-hybridized carbons (Fsp3) is 0.529. The molecule has 2 N–H and O–H groups in total. The van der Waals surface area contributed by atoms with E-state index in [-0.39, 0.29) is 11.8 Å². The number of hydrogen-bond donors (Lipinski definition) is 2. The Balaban J connectivity index is 1.55. The van der Waals surface area contributed by atoms with Crippen molar-refractivity contribution in [3.63, 3.8) is 0 Å². The number of aromatic amines is 1. The standard InChI is InChI=1S/C34H45N3O3/c1-20-15-21(2)17-23(16-20)30-29(22(3)19-35-32(39)40-33(4,5)6)27-18-24(9-14-28(27)36-30)34(7,8)31(38)37-25-10-11-26(37)13-12-25/h9,14-18,22,25-26,36H,10-13,19H2,1-8H3,(H,35,39)/t22-,25?,26?/m1/s1. The van der Waals surface area contributed by atoms with Gasteiger partial charge in [0.25, 0.3) is 0 Å². The average Bonchev–Trinajstić information content (AvgIpc) is 3.57. The average molecular weight is 544 g/mol. The first kappa shape index (κ1) is 28.3. The molecule has 0 spiro atoms. The van der Waals surface area contributed by atoms with Crippen LogP contribution in [0.25, 0.3) is 22.2 Å². The van der Waals surface area contributed by atoms with Crippen LogP contribution in [0.1, 0.15) is 95.4 Å². The Bertz CT molecular complexity index is 1400. The summed E-state index contributed by atoms with van der Waals surface area (Å²) in [5.41, 5.74) is 6.59. The number of carbonyl (C=O) groups is 2. The summed E-state index contributed by atoms with van der Waals surface area (Å²) in [6, 6.07) is 13.8. The lowest BCUT2D eigenvalue weighted by Crippen LogP contribution is -2.45. The second kappa shape index (κ2) is 10.3. The second-order valence-corrected chi connectivity index (χ2v) is 13.6. The molecule has 40 heavy (non-hydrogen) atoms. The molecule has 2 bridgehead atoms. The van der Waals surface area contributed by atoms with Crippen LogP contribution in [0.2, 0.25) is 0 Å². The fourth-order valence-electron chi connectivity index (χ4n) is 6.80. The first-order chi connectivity index (χ1) is 18.7. The molecular formula is C34H45N3O3. The van der Waals surface area contributed by atoms with Gasteiger partial charge in [-0.15, -0.1) is 0 Å². The summed E-state index contributed by atoms with van der Waals surface area (Å²) in [5.74, 6) is 0.240. The number of aryl methyl sites for hydroxylation is 2. The van der Waals surface area contributed by atoms with Crippen LogP contribution < -0.4 is 5.32 Å². The number of carbonyl (C=O) groups excluding carboxylic acids is 2. The van der Waals surface area contributed by atoms with Gasteiger partial charge in [0.05, 0.1) is 11.1 Å². The van der Waals surface area contributed by atoms with E-state index in [9.17, 15) is 9.59 Å². The molecule has 2 saturated heterocycles. The van der Waals surface area contributed by atoms with Gasteiger partial charge in [0.2, 0.25) is 5.91 Å². The number of H-pyrrole nitrogens is 1. The number of hydrogen-bond acceptors (Lipinski definition) is 3. The Labute approximate surface area is 238 Å². The molecule has 214 valence electrons. The van der Waals surface area contributed by atoms with Gasteiger partial charge in [-0.05, 0) is 115 Å². The van der Waals surface area contributed by atoms with Crippen LogP contribution in [0.3, 0.4) is 0 Å². The molecular weight excluding hydrogens is 498 g/mol. The van der Waals surface area contributed by atoms with Crippen molar-refractivity contribution in [1.82, 2.24) is 15.2 Å². The van der Waals surface area contributed by atoms with E-state index in [0.29, 0.717) is 18.6 Å². The molecule has 5 rings (SSSR count). The van der Waals surface area contributed by atoms with Gasteiger partial charge >= 0.3 is 6.09 Å². The summed E-state index contributed by atoms with van der Waals surface area (Å²) >= 11 is 0. The summed E-state index contributed by atoms with van der Waals surface area (Å²) in [7, 11) is 0. The van der Waals surface area contributed by atoms with Gasteiger partial charge in [-0.3, -0.25) is 4.79 Å². The highest BCUT2D eigenvalue weighted by molar-refractivity contribution is 5.95. The molecule has 2 amide bonds. The molecule has 2 fully saturated rings. The first-order valence-corrected chi connectivity index (χ1v) is 14.8. The molecule has 1 aromatic heterocycles. The van der Waals surface area contributed by atoms with Crippen LogP contribution >= 0.6 is 0 Å². The van der Waals surface area contributed by atoms with E-state index in [1.54, 1.807) is 0 Å². The summed E-state index contributed by atoms with van der Waals surface area (Å²) in [5, 5.41) is 4.07. The predicted octanol–water partition coefficient (Wildman–Crippen LogP) is 7.51. The number of amides is 2. The van der Waals surface area contributed by atoms with Crippen molar-refractivity contribution in [2.75, 3.05) is 6.54 Å². The second-order valence-electron chi connectivity index (χ2n) is 13.6.